The third-order valence-electron chi connectivity index (χ3n) is 9.24. The van der Waals surface area contributed by atoms with Crippen molar-refractivity contribution >= 4 is 30.0 Å². The minimum atomic E-state index is -1.61. The van der Waals surface area contributed by atoms with Crippen LogP contribution < -0.4 is 11.2 Å². The predicted molar refractivity (Wildman–Crippen MR) is 217 cm³/mol. The molecule has 22 nitrogen and oxygen atoms in total. The average molecular weight is 873 g/mol. The first kappa shape index (κ1) is 48.5. The van der Waals surface area contributed by atoms with Crippen LogP contribution in [0, 0.1) is 28.4 Å². The number of pyridine rings is 1. The third kappa shape index (κ3) is 13.4. The highest BCUT2D eigenvalue weighted by Gasteiger charge is 2.42. The quantitative estimate of drug-likeness (QED) is 0.122. The number of nitro groups is 1. The summed E-state index contributed by atoms with van der Waals surface area (Å²) in [5.41, 5.74) is -3.35. The zero-order chi connectivity index (χ0) is 46.5. The largest absolute Gasteiger partial charge is 0.509 e. The highest BCUT2D eigenvalue weighted by atomic mass is 16.8. The minimum Gasteiger partial charge on any atom is -0.465 e. The van der Waals surface area contributed by atoms with Gasteiger partial charge >= 0.3 is 24.1 Å². The highest BCUT2D eigenvalue weighted by Crippen LogP contribution is 2.34. The number of imide groups is 1. The Kier molecular flexibility index (Phi) is 15.0. The van der Waals surface area contributed by atoms with Gasteiger partial charge in [0.05, 0.1) is 22.9 Å². The Balaban J connectivity index is 1.61. The maximum Gasteiger partial charge on any atom is 0.509 e. The summed E-state index contributed by atoms with van der Waals surface area (Å²) in [4.78, 5) is 94.3. The summed E-state index contributed by atoms with van der Waals surface area (Å²) < 4.78 is 30.8. The molecule has 1 aliphatic rings. The molecule has 0 spiro atoms. The highest BCUT2D eigenvalue weighted by molar-refractivity contribution is 5.93. The average Bonchev–Trinajstić information content (AvgIpc) is 3.75. The lowest BCUT2D eigenvalue weighted by molar-refractivity contribution is -0.385. The SMILES string of the molecule is Cc1cn([C@H]2C[C@H](OC(=O)OC(C)(C)C)[C@@H](COC(=O)OC(C)(C)C)O2)c(=O)n(CCc2cn(C(C(=O)N(Cc3cc([N+](=O)[O-])ccn3)C(=O)O)C(C)CC(C)(C)C)nn2)c1=O. The van der Waals surface area contributed by atoms with Crippen LogP contribution in [0.25, 0.3) is 0 Å². The van der Waals surface area contributed by atoms with E-state index in [4.69, 9.17) is 23.7 Å². The predicted octanol–water partition coefficient (Wildman–Crippen LogP) is 5.34. The van der Waals surface area contributed by atoms with Gasteiger partial charge in [0, 0.05) is 55.7 Å². The second-order valence-electron chi connectivity index (χ2n) is 18.3. The number of nitrogens with zero attached hydrogens (tertiary/aromatic N) is 8. The molecule has 2 unspecified atom stereocenters. The summed E-state index contributed by atoms with van der Waals surface area (Å²) in [5, 5.41) is 29.9. The van der Waals surface area contributed by atoms with Crippen molar-refractivity contribution in [2.24, 2.45) is 11.3 Å². The standard InChI is InChI=1S/C40H56N8O14/c1-23(18-38(3,4)5)31(33(50)46(35(52)53)20-26-16-27(48(56)57)12-14-41-26)47-21-25(42-43-47)13-15-44-32(49)24(2)19-45(34(44)51)30-17-28(60-37(55)62-40(9,10)11)29(59-30)22-58-36(54)61-39(6,7)8/h12,14,16,19,21,23,28-31H,13,15,17-18,20,22H2,1-11H3,(H,52,53)/t23?,28-,29+,30+,31?/m0/s1. The molecular weight excluding hydrogens is 816 g/mol. The number of amides is 2. The van der Waals surface area contributed by atoms with Gasteiger partial charge in [-0.1, -0.05) is 32.9 Å². The first-order valence-corrected chi connectivity index (χ1v) is 19.9. The van der Waals surface area contributed by atoms with Crippen molar-refractivity contribution in [2.45, 2.75) is 144 Å². The molecule has 0 bridgehead atoms. The van der Waals surface area contributed by atoms with Crippen molar-refractivity contribution in [1.82, 2.24) is 34.0 Å². The van der Waals surface area contributed by atoms with Crippen LogP contribution in [0.4, 0.5) is 20.1 Å². The maximum absolute atomic E-state index is 14.1. The van der Waals surface area contributed by atoms with Crippen LogP contribution in [-0.2, 0) is 48.0 Å². The molecule has 0 aliphatic carbocycles. The molecule has 5 atom stereocenters. The Morgan fingerprint density at radius 1 is 1.02 bits per heavy atom. The second-order valence-corrected chi connectivity index (χ2v) is 18.3. The molecule has 4 rings (SSSR count). The fourth-order valence-electron chi connectivity index (χ4n) is 6.85. The van der Waals surface area contributed by atoms with Gasteiger partial charge in [-0.3, -0.25) is 33.8 Å². The van der Waals surface area contributed by atoms with Crippen molar-refractivity contribution in [1.29, 1.82) is 0 Å². The molecule has 0 saturated carbocycles. The monoisotopic (exact) mass is 872 g/mol. The molecule has 1 fully saturated rings. The summed E-state index contributed by atoms with van der Waals surface area (Å²) in [6, 6.07) is 1.03. The van der Waals surface area contributed by atoms with Gasteiger partial charge < -0.3 is 28.8 Å². The Labute approximate surface area is 357 Å². The van der Waals surface area contributed by atoms with Crippen LogP contribution in [0.1, 0.15) is 111 Å². The number of aryl methyl sites for hydroxylation is 2. The molecule has 3 aromatic rings. The normalized spacial score (nSPS) is 17.8. The summed E-state index contributed by atoms with van der Waals surface area (Å²) in [5.74, 6) is -1.38. The first-order chi connectivity index (χ1) is 28.6. The van der Waals surface area contributed by atoms with Gasteiger partial charge in [-0.05, 0) is 66.2 Å². The lowest BCUT2D eigenvalue weighted by Crippen LogP contribution is -2.43. The van der Waals surface area contributed by atoms with E-state index in [0.717, 1.165) is 22.9 Å². The maximum atomic E-state index is 14.1. The smallest absolute Gasteiger partial charge is 0.465 e. The van der Waals surface area contributed by atoms with Crippen molar-refractivity contribution in [3.63, 3.8) is 0 Å². The van der Waals surface area contributed by atoms with Crippen molar-refractivity contribution in [3.8, 4) is 0 Å². The van der Waals surface area contributed by atoms with E-state index >= 15 is 0 Å². The molecule has 1 N–H and O–H groups in total. The fourth-order valence-corrected chi connectivity index (χ4v) is 6.85. The van der Waals surface area contributed by atoms with Crippen LogP contribution >= 0.6 is 0 Å². The lowest BCUT2D eigenvalue weighted by atomic mass is 9.82. The van der Waals surface area contributed by atoms with Gasteiger partial charge in [0.25, 0.3) is 17.2 Å². The number of hydrogen-bond donors (Lipinski definition) is 1. The van der Waals surface area contributed by atoms with E-state index < -0.39 is 95.2 Å². The van der Waals surface area contributed by atoms with E-state index in [9.17, 15) is 44.0 Å². The number of carbonyl (C=O) groups is 4. The third-order valence-corrected chi connectivity index (χ3v) is 9.24. The number of rotatable bonds is 14. The van der Waals surface area contributed by atoms with Gasteiger partial charge in [0.15, 0.2) is 0 Å². The van der Waals surface area contributed by atoms with Crippen LogP contribution in [0.2, 0.25) is 0 Å². The molecular formula is C40H56N8O14. The summed E-state index contributed by atoms with van der Waals surface area (Å²) in [6.45, 7) is 17.9. The molecule has 4 heterocycles. The van der Waals surface area contributed by atoms with Crippen molar-refractivity contribution < 1.29 is 52.9 Å². The Hall–Kier alpha value is -6.19. The van der Waals surface area contributed by atoms with Crippen LogP contribution in [-0.4, -0.2) is 98.4 Å². The Morgan fingerprint density at radius 2 is 1.66 bits per heavy atom. The zero-order valence-electron chi connectivity index (χ0n) is 36.8. The number of carbonyl (C=O) groups excluding carboxylic acids is 3. The van der Waals surface area contributed by atoms with Gasteiger partial charge in [-0.15, -0.1) is 5.10 Å². The van der Waals surface area contributed by atoms with Crippen LogP contribution in [0.5, 0.6) is 0 Å². The topological polar surface area (TPSA) is 269 Å². The number of carboxylic acid groups (broad SMARTS) is 1. The Bertz CT molecular complexity index is 2250. The molecule has 1 saturated heterocycles. The van der Waals surface area contributed by atoms with E-state index in [2.05, 4.69) is 15.3 Å². The van der Waals surface area contributed by atoms with E-state index in [1.54, 1.807) is 48.5 Å². The van der Waals surface area contributed by atoms with E-state index in [1.807, 2.05) is 20.8 Å². The first-order valence-electron chi connectivity index (χ1n) is 19.9. The number of hydrogen-bond acceptors (Lipinski definition) is 16. The number of aromatic nitrogens is 6. The summed E-state index contributed by atoms with van der Waals surface area (Å²) in [7, 11) is 0. The van der Waals surface area contributed by atoms with Crippen molar-refractivity contribution in [3.05, 3.63) is 78.6 Å². The lowest BCUT2D eigenvalue weighted by Gasteiger charge is -2.31. The van der Waals surface area contributed by atoms with Crippen molar-refractivity contribution in [2.75, 3.05) is 6.61 Å². The molecule has 0 radical (unpaired) electrons. The zero-order valence-corrected chi connectivity index (χ0v) is 36.8. The fraction of sp³-hybridized carbons (Fsp3) is 0.625. The van der Waals surface area contributed by atoms with Gasteiger partial charge in [0.2, 0.25) is 0 Å². The minimum absolute atomic E-state index is 0.0237. The molecule has 340 valence electrons. The number of ether oxygens (including phenoxy) is 5. The summed E-state index contributed by atoms with van der Waals surface area (Å²) >= 11 is 0. The van der Waals surface area contributed by atoms with E-state index in [0.29, 0.717) is 11.3 Å². The summed E-state index contributed by atoms with van der Waals surface area (Å²) in [6.07, 6.45) is -2.58. The van der Waals surface area contributed by atoms with E-state index in [-0.39, 0.29) is 47.4 Å². The molecule has 22 heteroatoms. The van der Waals surface area contributed by atoms with Gasteiger partial charge in [-0.2, -0.15) is 0 Å². The molecule has 2 amide bonds. The molecule has 0 aromatic carbocycles. The molecule has 62 heavy (non-hydrogen) atoms. The molecule has 1 aliphatic heterocycles. The van der Waals surface area contributed by atoms with Gasteiger partial charge in [-0.25, -0.2) is 28.8 Å². The van der Waals surface area contributed by atoms with E-state index in [1.165, 1.54) is 28.6 Å². The molecule has 3 aromatic heterocycles. The van der Waals surface area contributed by atoms with Crippen LogP contribution in [0.3, 0.4) is 0 Å². The second kappa shape index (κ2) is 19.2. The Morgan fingerprint density at radius 3 is 2.26 bits per heavy atom. The van der Waals surface area contributed by atoms with Crippen LogP contribution in [0.15, 0.2) is 40.3 Å². The van der Waals surface area contributed by atoms with Gasteiger partial charge in [0.1, 0.15) is 42.3 Å².